The molecule has 134 valence electrons. The summed E-state index contributed by atoms with van der Waals surface area (Å²) >= 11 is 3.37. The van der Waals surface area contributed by atoms with Crippen molar-refractivity contribution in [2.24, 2.45) is 0 Å². The zero-order valence-electron chi connectivity index (χ0n) is 14.5. The number of rotatable bonds is 6. The molecule has 7 nitrogen and oxygen atoms in total. The summed E-state index contributed by atoms with van der Waals surface area (Å²) < 4.78 is 2.53. The highest BCUT2D eigenvalue weighted by Gasteiger charge is 2.08. The molecular formula is C18H19BrN6O. The van der Waals surface area contributed by atoms with E-state index in [9.17, 15) is 4.79 Å². The lowest BCUT2D eigenvalue weighted by Gasteiger charge is -2.09. The first kappa shape index (κ1) is 18.1. The molecule has 1 aromatic carbocycles. The summed E-state index contributed by atoms with van der Waals surface area (Å²) in [7, 11) is 0. The quantitative estimate of drug-likeness (QED) is 0.605. The summed E-state index contributed by atoms with van der Waals surface area (Å²) in [6.45, 7) is 4.93. The summed E-state index contributed by atoms with van der Waals surface area (Å²) in [4.78, 5) is 12.1. The lowest BCUT2D eigenvalue weighted by atomic mass is 10.2. The fourth-order valence-electron chi connectivity index (χ4n) is 2.50. The maximum Gasteiger partial charge on any atom is 0.252 e. The Balaban J connectivity index is 1.50. The van der Waals surface area contributed by atoms with Crippen LogP contribution < -0.4 is 10.6 Å². The second-order valence-electron chi connectivity index (χ2n) is 5.78. The molecule has 0 spiro atoms. The first-order chi connectivity index (χ1) is 12.5. The van der Waals surface area contributed by atoms with Gasteiger partial charge in [-0.15, -0.1) is 10.2 Å². The number of nitrogens with one attached hydrogen (secondary N) is 2. The van der Waals surface area contributed by atoms with Crippen LogP contribution in [0.5, 0.6) is 0 Å². The number of nitrogens with zero attached hydrogens (tertiary/aromatic N) is 4. The van der Waals surface area contributed by atoms with Crippen LogP contribution in [-0.4, -0.2) is 39.0 Å². The van der Waals surface area contributed by atoms with Crippen molar-refractivity contribution in [1.29, 1.82) is 0 Å². The van der Waals surface area contributed by atoms with E-state index in [2.05, 4.69) is 41.9 Å². The van der Waals surface area contributed by atoms with E-state index in [1.54, 1.807) is 10.7 Å². The third-order valence-electron chi connectivity index (χ3n) is 3.71. The van der Waals surface area contributed by atoms with Gasteiger partial charge in [-0.25, -0.2) is 4.68 Å². The Hall–Kier alpha value is -2.74. The number of carbonyl (C=O) groups is 1. The number of hydrogen-bond donors (Lipinski definition) is 2. The second-order valence-corrected chi connectivity index (χ2v) is 6.63. The number of aromatic nitrogens is 4. The van der Waals surface area contributed by atoms with Gasteiger partial charge in [0.2, 0.25) is 0 Å². The molecule has 0 fully saturated rings. The molecular weight excluding hydrogens is 396 g/mol. The van der Waals surface area contributed by atoms with Crippen LogP contribution >= 0.6 is 15.9 Å². The Kier molecular flexibility index (Phi) is 5.62. The van der Waals surface area contributed by atoms with Crippen LogP contribution in [0.2, 0.25) is 0 Å². The fourth-order valence-corrected chi connectivity index (χ4v) is 2.97. The molecule has 26 heavy (non-hydrogen) atoms. The Labute approximate surface area is 160 Å². The minimum atomic E-state index is -0.120. The summed E-state index contributed by atoms with van der Waals surface area (Å²) in [6.07, 6.45) is 0. The number of aryl methyl sites for hydroxylation is 2. The normalized spacial score (nSPS) is 10.6. The largest absolute Gasteiger partial charge is 0.367 e. The molecule has 3 rings (SSSR count). The molecule has 0 radical (unpaired) electrons. The number of anilines is 1. The maximum atomic E-state index is 12.1. The molecule has 1 amide bonds. The number of benzene rings is 1. The van der Waals surface area contributed by atoms with Gasteiger partial charge in [-0.3, -0.25) is 4.79 Å². The predicted molar refractivity (Wildman–Crippen MR) is 104 cm³/mol. The first-order valence-corrected chi connectivity index (χ1v) is 8.98. The van der Waals surface area contributed by atoms with Gasteiger partial charge in [0.1, 0.15) is 5.82 Å². The van der Waals surface area contributed by atoms with E-state index < -0.39 is 0 Å². The van der Waals surface area contributed by atoms with Gasteiger partial charge in [0.15, 0.2) is 5.82 Å². The smallest absolute Gasteiger partial charge is 0.252 e. The van der Waals surface area contributed by atoms with Crippen LogP contribution in [0.1, 0.15) is 21.7 Å². The van der Waals surface area contributed by atoms with Crippen molar-refractivity contribution in [2.75, 3.05) is 18.4 Å². The Morgan fingerprint density at radius 2 is 1.92 bits per heavy atom. The SMILES string of the molecule is Cc1cc(C)n(-c2ccc(NCCNC(=O)c3ccccc3Br)nn2)n1. The lowest BCUT2D eigenvalue weighted by molar-refractivity contribution is 0.0954. The highest BCUT2D eigenvalue weighted by molar-refractivity contribution is 9.10. The Bertz CT molecular complexity index is 906. The molecule has 2 heterocycles. The fraction of sp³-hybridized carbons (Fsp3) is 0.222. The van der Waals surface area contributed by atoms with Gasteiger partial charge in [-0.1, -0.05) is 12.1 Å². The number of carbonyl (C=O) groups excluding carboxylic acids is 1. The summed E-state index contributed by atoms with van der Waals surface area (Å²) in [5.41, 5.74) is 2.56. The van der Waals surface area contributed by atoms with E-state index in [0.29, 0.717) is 30.3 Å². The second kappa shape index (κ2) is 8.09. The van der Waals surface area contributed by atoms with Crippen molar-refractivity contribution in [3.05, 3.63) is 63.9 Å². The molecule has 0 aliphatic heterocycles. The van der Waals surface area contributed by atoms with Gasteiger partial charge in [0.25, 0.3) is 5.91 Å². The van der Waals surface area contributed by atoms with Crippen molar-refractivity contribution >= 4 is 27.7 Å². The van der Waals surface area contributed by atoms with Gasteiger partial charge in [0.05, 0.1) is 11.3 Å². The molecule has 0 unspecified atom stereocenters. The molecule has 0 saturated heterocycles. The van der Waals surface area contributed by atoms with E-state index in [1.807, 2.05) is 50.2 Å². The van der Waals surface area contributed by atoms with E-state index in [-0.39, 0.29) is 5.91 Å². The van der Waals surface area contributed by atoms with Gasteiger partial charge in [-0.2, -0.15) is 5.10 Å². The third-order valence-corrected chi connectivity index (χ3v) is 4.40. The van der Waals surface area contributed by atoms with Crippen LogP contribution in [0.15, 0.2) is 46.9 Å². The minimum Gasteiger partial charge on any atom is -0.367 e. The lowest BCUT2D eigenvalue weighted by Crippen LogP contribution is -2.29. The number of amides is 1. The standard InChI is InChI=1S/C18H19BrN6O/c1-12-11-13(2)25(24-12)17-8-7-16(22-23-17)20-9-10-21-18(26)14-5-3-4-6-15(14)19/h3-8,11H,9-10H2,1-2H3,(H,20,22)(H,21,26). The van der Waals surface area contributed by atoms with E-state index in [4.69, 9.17) is 0 Å². The van der Waals surface area contributed by atoms with Crippen molar-refractivity contribution < 1.29 is 4.79 Å². The summed E-state index contributed by atoms with van der Waals surface area (Å²) in [5, 5.41) is 18.7. The average Bonchev–Trinajstić information content (AvgIpc) is 2.97. The van der Waals surface area contributed by atoms with Crippen LogP contribution in [0, 0.1) is 13.8 Å². The first-order valence-electron chi connectivity index (χ1n) is 8.18. The summed E-state index contributed by atoms with van der Waals surface area (Å²) in [6, 6.07) is 13.0. The molecule has 0 aliphatic carbocycles. The molecule has 2 N–H and O–H groups in total. The topological polar surface area (TPSA) is 84.7 Å². The number of halogens is 1. The van der Waals surface area contributed by atoms with Crippen molar-refractivity contribution in [3.8, 4) is 5.82 Å². The van der Waals surface area contributed by atoms with Crippen LogP contribution in [0.3, 0.4) is 0 Å². The highest BCUT2D eigenvalue weighted by atomic mass is 79.9. The van der Waals surface area contributed by atoms with Crippen LogP contribution in [0.4, 0.5) is 5.82 Å². The molecule has 8 heteroatoms. The van der Waals surface area contributed by atoms with Crippen molar-refractivity contribution in [1.82, 2.24) is 25.3 Å². The van der Waals surface area contributed by atoms with E-state index in [0.717, 1.165) is 15.9 Å². The summed E-state index contributed by atoms with van der Waals surface area (Å²) in [5.74, 6) is 1.19. The third kappa shape index (κ3) is 4.26. The highest BCUT2D eigenvalue weighted by Crippen LogP contribution is 2.15. The average molecular weight is 415 g/mol. The molecule has 0 bridgehead atoms. The molecule has 0 aliphatic rings. The van der Waals surface area contributed by atoms with Crippen molar-refractivity contribution in [3.63, 3.8) is 0 Å². The zero-order valence-corrected chi connectivity index (χ0v) is 16.1. The zero-order chi connectivity index (χ0) is 18.5. The Morgan fingerprint density at radius 3 is 2.58 bits per heavy atom. The monoisotopic (exact) mass is 414 g/mol. The van der Waals surface area contributed by atoms with Gasteiger partial charge in [0, 0.05) is 23.3 Å². The number of hydrogen-bond acceptors (Lipinski definition) is 5. The maximum absolute atomic E-state index is 12.1. The van der Waals surface area contributed by atoms with E-state index >= 15 is 0 Å². The van der Waals surface area contributed by atoms with Gasteiger partial charge >= 0.3 is 0 Å². The van der Waals surface area contributed by atoms with Crippen molar-refractivity contribution in [2.45, 2.75) is 13.8 Å². The van der Waals surface area contributed by atoms with E-state index in [1.165, 1.54) is 0 Å². The van der Waals surface area contributed by atoms with Crippen LogP contribution in [0.25, 0.3) is 5.82 Å². The molecule has 0 saturated carbocycles. The van der Waals surface area contributed by atoms with Gasteiger partial charge < -0.3 is 10.6 Å². The van der Waals surface area contributed by atoms with Gasteiger partial charge in [-0.05, 0) is 60.1 Å². The molecule has 2 aromatic heterocycles. The Morgan fingerprint density at radius 1 is 1.12 bits per heavy atom. The molecule has 0 atom stereocenters. The molecule has 3 aromatic rings. The minimum absolute atomic E-state index is 0.120. The predicted octanol–water partition coefficient (Wildman–Crippen LogP) is 2.88. The van der Waals surface area contributed by atoms with Crippen LogP contribution in [-0.2, 0) is 0 Å².